The van der Waals surface area contributed by atoms with Gasteiger partial charge in [-0.1, -0.05) is 0 Å². The van der Waals surface area contributed by atoms with Crippen molar-refractivity contribution in [2.75, 3.05) is 61.7 Å². The molecule has 220 valence electrons. The lowest BCUT2D eigenvalue weighted by Crippen LogP contribution is -2.45. The monoisotopic (exact) mass is 550 g/mol. The number of nitrogens with one attached hydrogen (secondary N) is 2. The van der Waals surface area contributed by atoms with E-state index in [1.165, 1.54) is 0 Å². The zero-order chi connectivity index (χ0) is 29.4. The first-order valence-corrected chi connectivity index (χ1v) is 14.6. The number of benzene rings is 2. The van der Waals surface area contributed by atoms with Crippen molar-refractivity contribution >= 4 is 34.8 Å². The number of hydrogen-bond acceptors (Lipinski definition) is 4. The molecule has 0 spiro atoms. The number of rotatable bonds is 10. The molecule has 1 saturated carbocycles. The number of anilines is 4. The third-order valence-electron chi connectivity index (χ3n) is 7.91. The van der Waals surface area contributed by atoms with E-state index in [4.69, 9.17) is 0 Å². The standard InChI is InChI=1S/C32H50N6O2/c1-23(2)37(31(39)33-27-13-17-29(18-14-27)35(5)6)21-25-9-11-26(12-10-25)22-38(24(3)4)32(40)34-28-15-19-30(20-16-28)36(7)8/h13-20,23-26H,9-12,21-22H2,1-8H3,(H,33,39)(H,34,40). The van der Waals surface area contributed by atoms with Crippen molar-refractivity contribution in [3.63, 3.8) is 0 Å². The summed E-state index contributed by atoms with van der Waals surface area (Å²) in [6.45, 7) is 9.81. The first-order valence-electron chi connectivity index (χ1n) is 14.6. The van der Waals surface area contributed by atoms with Crippen molar-refractivity contribution in [3.8, 4) is 0 Å². The van der Waals surface area contributed by atoms with E-state index in [0.29, 0.717) is 11.8 Å². The largest absolute Gasteiger partial charge is 0.378 e. The highest BCUT2D eigenvalue weighted by molar-refractivity contribution is 5.90. The summed E-state index contributed by atoms with van der Waals surface area (Å²) in [4.78, 5) is 34.3. The molecule has 4 amide bonds. The van der Waals surface area contributed by atoms with Crippen LogP contribution in [0.3, 0.4) is 0 Å². The molecule has 2 N–H and O–H groups in total. The molecule has 0 unspecified atom stereocenters. The Labute approximate surface area is 241 Å². The zero-order valence-electron chi connectivity index (χ0n) is 25.8. The van der Waals surface area contributed by atoms with Crippen molar-refractivity contribution in [1.29, 1.82) is 0 Å². The van der Waals surface area contributed by atoms with E-state index < -0.39 is 0 Å². The number of carbonyl (C=O) groups is 2. The normalized spacial score (nSPS) is 16.9. The summed E-state index contributed by atoms with van der Waals surface area (Å²) in [7, 11) is 8.01. The molecular weight excluding hydrogens is 500 g/mol. The van der Waals surface area contributed by atoms with Crippen molar-refractivity contribution in [3.05, 3.63) is 48.5 Å². The summed E-state index contributed by atoms with van der Waals surface area (Å²) in [5.41, 5.74) is 3.82. The predicted molar refractivity (Wildman–Crippen MR) is 169 cm³/mol. The van der Waals surface area contributed by atoms with E-state index in [1.54, 1.807) is 0 Å². The van der Waals surface area contributed by atoms with E-state index in [1.807, 2.05) is 96.3 Å². The third kappa shape index (κ3) is 8.80. The quantitative estimate of drug-likeness (QED) is 0.341. The van der Waals surface area contributed by atoms with Gasteiger partial charge in [0.05, 0.1) is 0 Å². The number of carbonyl (C=O) groups excluding carboxylic acids is 2. The predicted octanol–water partition coefficient (Wildman–Crippen LogP) is 6.81. The third-order valence-corrected chi connectivity index (χ3v) is 7.91. The van der Waals surface area contributed by atoms with Gasteiger partial charge in [0.2, 0.25) is 0 Å². The fourth-order valence-electron chi connectivity index (χ4n) is 5.29. The van der Waals surface area contributed by atoms with Crippen LogP contribution in [0, 0.1) is 11.8 Å². The molecule has 40 heavy (non-hydrogen) atoms. The van der Waals surface area contributed by atoms with Gasteiger partial charge in [-0.3, -0.25) is 0 Å². The smallest absolute Gasteiger partial charge is 0.322 e. The SMILES string of the molecule is CC(C)N(CC1CCC(CN(C(=O)Nc2ccc(N(C)C)cc2)C(C)C)CC1)C(=O)Nc1ccc(N(C)C)cc1. The van der Waals surface area contributed by atoms with E-state index in [-0.39, 0.29) is 24.1 Å². The summed E-state index contributed by atoms with van der Waals surface area (Å²) in [5, 5.41) is 6.16. The highest BCUT2D eigenvalue weighted by Gasteiger charge is 2.29. The Morgan fingerprint density at radius 3 is 1.18 bits per heavy atom. The van der Waals surface area contributed by atoms with Gasteiger partial charge in [-0.15, -0.1) is 0 Å². The molecule has 1 aliphatic rings. The van der Waals surface area contributed by atoms with Crippen LogP contribution in [0.25, 0.3) is 0 Å². The second kappa shape index (κ2) is 14.3. The molecule has 0 atom stereocenters. The van der Waals surface area contributed by atoms with Crippen LogP contribution in [-0.2, 0) is 0 Å². The van der Waals surface area contributed by atoms with Gasteiger partial charge >= 0.3 is 12.1 Å². The fraction of sp³-hybridized carbons (Fsp3) is 0.562. The van der Waals surface area contributed by atoms with Crippen molar-refractivity contribution in [1.82, 2.24) is 9.80 Å². The van der Waals surface area contributed by atoms with Crippen LogP contribution in [0.2, 0.25) is 0 Å². The van der Waals surface area contributed by atoms with Gasteiger partial charge in [-0.25, -0.2) is 9.59 Å². The molecule has 8 nitrogen and oxygen atoms in total. The molecule has 8 heteroatoms. The fourth-order valence-corrected chi connectivity index (χ4v) is 5.29. The first kappa shape index (κ1) is 31.1. The van der Waals surface area contributed by atoms with Gasteiger partial charge in [-0.2, -0.15) is 0 Å². The second-order valence-electron chi connectivity index (χ2n) is 12.1. The number of amides is 4. The highest BCUT2D eigenvalue weighted by Crippen LogP contribution is 2.31. The summed E-state index contributed by atoms with van der Waals surface area (Å²) < 4.78 is 0. The number of nitrogens with zero attached hydrogens (tertiary/aromatic N) is 4. The molecular formula is C32H50N6O2. The molecule has 0 aliphatic heterocycles. The lowest BCUT2D eigenvalue weighted by molar-refractivity contribution is 0.142. The van der Waals surface area contributed by atoms with Crippen LogP contribution in [0.1, 0.15) is 53.4 Å². The maximum atomic E-state index is 13.2. The molecule has 1 aliphatic carbocycles. The van der Waals surface area contributed by atoms with E-state index >= 15 is 0 Å². The van der Waals surface area contributed by atoms with Gasteiger partial charge in [0.25, 0.3) is 0 Å². The van der Waals surface area contributed by atoms with Crippen LogP contribution in [-0.4, -0.2) is 75.2 Å². The van der Waals surface area contributed by atoms with Gasteiger partial charge < -0.3 is 30.2 Å². The lowest BCUT2D eigenvalue weighted by Gasteiger charge is -2.37. The van der Waals surface area contributed by atoms with Crippen molar-refractivity contribution in [2.24, 2.45) is 11.8 Å². The second-order valence-corrected chi connectivity index (χ2v) is 12.1. The zero-order valence-corrected chi connectivity index (χ0v) is 25.8. The molecule has 0 bridgehead atoms. The molecule has 3 rings (SSSR count). The van der Waals surface area contributed by atoms with E-state index in [9.17, 15) is 9.59 Å². The average molecular weight is 551 g/mol. The van der Waals surface area contributed by atoms with Crippen molar-refractivity contribution < 1.29 is 9.59 Å². The maximum Gasteiger partial charge on any atom is 0.322 e. The molecule has 0 saturated heterocycles. The minimum atomic E-state index is -0.0454. The van der Waals surface area contributed by atoms with Gasteiger partial charge in [-0.05, 0) is 114 Å². The van der Waals surface area contributed by atoms with Crippen LogP contribution in [0.5, 0.6) is 0 Å². The maximum absolute atomic E-state index is 13.2. The molecule has 0 radical (unpaired) electrons. The molecule has 2 aromatic carbocycles. The van der Waals surface area contributed by atoms with Gasteiger partial charge in [0, 0.05) is 76.1 Å². The Morgan fingerprint density at radius 1 is 0.625 bits per heavy atom. The van der Waals surface area contributed by atoms with Gasteiger partial charge in [0.1, 0.15) is 0 Å². The van der Waals surface area contributed by atoms with Crippen LogP contribution >= 0.6 is 0 Å². The Kier molecular flexibility index (Phi) is 11.1. The average Bonchev–Trinajstić information content (AvgIpc) is 2.91. The number of urea groups is 2. The Hall–Kier alpha value is -3.42. The number of hydrogen-bond donors (Lipinski definition) is 2. The molecule has 0 heterocycles. The van der Waals surface area contributed by atoms with Crippen molar-refractivity contribution in [2.45, 2.75) is 65.5 Å². The van der Waals surface area contributed by atoms with Crippen LogP contribution < -0.4 is 20.4 Å². The van der Waals surface area contributed by atoms with Crippen LogP contribution in [0.4, 0.5) is 32.3 Å². The topological polar surface area (TPSA) is 71.2 Å². The molecule has 0 aromatic heterocycles. The van der Waals surface area contributed by atoms with E-state index in [0.717, 1.165) is 61.5 Å². The first-order chi connectivity index (χ1) is 18.9. The lowest BCUT2D eigenvalue weighted by atomic mass is 9.81. The Bertz CT molecular complexity index is 986. The van der Waals surface area contributed by atoms with Crippen LogP contribution in [0.15, 0.2) is 48.5 Å². The molecule has 2 aromatic rings. The summed E-state index contributed by atoms with van der Waals surface area (Å²) in [6, 6.07) is 16.0. The van der Waals surface area contributed by atoms with Gasteiger partial charge in [0.15, 0.2) is 0 Å². The Balaban J connectivity index is 1.51. The minimum absolute atomic E-state index is 0.0454. The molecule has 1 fully saturated rings. The minimum Gasteiger partial charge on any atom is -0.378 e. The van der Waals surface area contributed by atoms with E-state index in [2.05, 4.69) is 38.3 Å². The Morgan fingerprint density at radius 2 is 0.925 bits per heavy atom. The summed E-state index contributed by atoms with van der Waals surface area (Å²) in [6.07, 6.45) is 4.27. The highest BCUT2D eigenvalue weighted by atomic mass is 16.2. The summed E-state index contributed by atoms with van der Waals surface area (Å²) >= 11 is 0. The summed E-state index contributed by atoms with van der Waals surface area (Å²) in [5.74, 6) is 0.939.